The van der Waals surface area contributed by atoms with Crippen molar-refractivity contribution in [2.24, 2.45) is 0 Å². The highest BCUT2D eigenvalue weighted by atomic mass is 35.5. The van der Waals surface area contributed by atoms with E-state index in [1.807, 2.05) is 61.7 Å². The van der Waals surface area contributed by atoms with E-state index in [4.69, 9.17) is 16.1 Å². The summed E-state index contributed by atoms with van der Waals surface area (Å²) in [4.78, 5) is 16.8. The van der Waals surface area contributed by atoms with E-state index in [1.165, 1.54) is 5.56 Å². The molecule has 146 valence electrons. The average Bonchev–Trinajstić information content (AvgIpc) is 3.37. The molecule has 0 fully saturated rings. The first-order valence-electron chi connectivity index (χ1n) is 9.16. The summed E-state index contributed by atoms with van der Waals surface area (Å²) in [7, 11) is 0. The fraction of sp³-hybridized carbons (Fsp3) is 0.136. The molecule has 0 saturated heterocycles. The normalized spacial score (nSPS) is 10.8. The number of hydrogen-bond donors (Lipinski definition) is 1. The maximum absolute atomic E-state index is 12.4. The Morgan fingerprint density at radius 2 is 1.97 bits per heavy atom. The average molecular weight is 407 g/mol. The van der Waals surface area contributed by atoms with Gasteiger partial charge in [0.05, 0.1) is 0 Å². The Hall–Kier alpha value is -3.38. The topological polar surface area (TPSA) is 73.0 Å². The van der Waals surface area contributed by atoms with E-state index in [-0.39, 0.29) is 12.5 Å². The maximum atomic E-state index is 12.4. The molecule has 4 rings (SSSR count). The lowest BCUT2D eigenvalue weighted by molar-refractivity contribution is -0.121. The van der Waals surface area contributed by atoms with Gasteiger partial charge in [0.25, 0.3) is 5.89 Å². The van der Waals surface area contributed by atoms with Crippen LogP contribution in [0, 0.1) is 6.92 Å². The number of halogens is 1. The third-order valence-corrected chi connectivity index (χ3v) is 4.72. The van der Waals surface area contributed by atoms with Gasteiger partial charge in [-0.15, -0.1) is 0 Å². The molecule has 29 heavy (non-hydrogen) atoms. The van der Waals surface area contributed by atoms with Gasteiger partial charge in [-0.2, -0.15) is 4.98 Å². The number of hydrogen-bond acceptors (Lipinski definition) is 4. The van der Waals surface area contributed by atoms with Gasteiger partial charge in [0.2, 0.25) is 11.7 Å². The van der Waals surface area contributed by atoms with Gasteiger partial charge in [0, 0.05) is 23.3 Å². The molecule has 7 heteroatoms. The first-order valence-corrected chi connectivity index (χ1v) is 9.54. The fourth-order valence-corrected chi connectivity index (χ4v) is 3.13. The molecule has 0 radical (unpaired) electrons. The van der Waals surface area contributed by atoms with Crippen LogP contribution in [0.5, 0.6) is 0 Å². The van der Waals surface area contributed by atoms with Gasteiger partial charge in [-0.05, 0) is 36.8 Å². The van der Waals surface area contributed by atoms with Crippen LogP contribution in [0.4, 0.5) is 0 Å². The summed E-state index contributed by atoms with van der Waals surface area (Å²) in [6.07, 6.45) is 1.81. The first kappa shape index (κ1) is 19.0. The molecule has 0 atom stereocenters. The van der Waals surface area contributed by atoms with Crippen molar-refractivity contribution in [3.8, 4) is 23.0 Å². The quantitative estimate of drug-likeness (QED) is 0.512. The Labute approximate surface area is 173 Å². The molecule has 2 heterocycles. The monoisotopic (exact) mass is 406 g/mol. The molecule has 0 bridgehead atoms. The van der Waals surface area contributed by atoms with Gasteiger partial charge in [0.15, 0.2) is 0 Å². The minimum Gasteiger partial charge on any atom is -0.350 e. The highest BCUT2D eigenvalue weighted by molar-refractivity contribution is 6.30. The predicted octanol–water partition coefficient (Wildman–Crippen LogP) is 4.48. The summed E-state index contributed by atoms with van der Waals surface area (Å²) in [6.45, 7) is 2.67. The van der Waals surface area contributed by atoms with Gasteiger partial charge >= 0.3 is 0 Å². The summed E-state index contributed by atoms with van der Waals surface area (Å²) in [6, 6.07) is 19.0. The second-order valence-corrected chi connectivity index (χ2v) is 7.15. The molecule has 1 amide bonds. The predicted molar refractivity (Wildman–Crippen MR) is 111 cm³/mol. The number of nitrogens with zero attached hydrogens (tertiary/aromatic N) is 3. The molecule has 0 aliphatic heterocycles. The number of benzene rings is 2. The zero-order chi connectivity index (χ0) is 20.2. The third-order valence-electron chi connectivity index (χ3n) is 4.48. The molecule has 2 aromatic heterocycles. The first-order chi connectivity index (χ1) is 14.1. The van der Waals surface area contributed by atoms with E-state index in [0.717, 1.165) is 11.1 Å². The van der Waals surface area contributed by atoms with Crippen molar-refractivity contribution >= 4 is 17.5 Å². The largest absolute Gasteiger partial charge is 0.350 e. The summed E-state index contributed by atoms with van der Waals surface area (Å²) >= 11 is 6.03. The second-order valence-electron chi connectivity index (χ2n) is 6.72. The number of aryl methyl sites for hydroxylation is 1. The Kier molecular flexibility index (Phi) is 5.44. The Bertz CT molecular complexity index is 1130. The van der Waals surface area contributed by atoms with Crippen LogP contribution in [0.25, 0.3) is 23.0 Å². The number of rotatable bonds is 6. The van der Waals surface area contributed by atoms with Crippen molar-refractivity contribution in [2.75, 3.05) is 0 Å². The molecule has 1 N–H and O–H groups in total. The third kappa shape index (κ3) is 4.55. The van der Waals surface area contributed by atoms with Crippen molar-refractivity contribution in [3.05, 3.63) is 83.0 Å². The molecule has 0 spiro atoms. The van der Waals surface area contributed by atoms with Crippen LogP contribution in [-0.4, -0.2) is 20.6 Å². The van der Waals surface area contributed by atoms with Gasteiger partial charge in [-0.1, -0.05) is 58.7 Å². The van der Waals surface area contributed by atoms with E-state index < -0.39 is 0 Å². The van der Waals surface area contributed by atoms with E-state index in [2.05, 4.69) is 15.5 Å². The lowest BCUT2D eigenvalue weighted by Gasteiger charge is -2.08. The fourth-order valence-electron chi connectivity index (χ4n) is 2.94. The van der Waals surface area contributed by atoms with Crippen LogP contribution in [0.1, 0.15) is 11.1 Å². The zero-order valence-corrected chi connectivity index (χ0v) is 16.6. The number of carbonyl (C=O) groups excluding carboxylic acids is 1. The van der Waals surface area contributed by atoms with E-state index in [0.29, 0.717) is 29.0 Å². The van der Waals surface area contributed by atoms with E-state index in [9.17, 15) is 4.79 Å². The summed E-state index contributed by atoms with van der Waals surface area (Å²) in [5.41, 5.74) is 3.69. The lowest BCUT2D eigenvalue weighted by Crippen LogP contribution is -2.27. The number of amides is 1. The minimum atomic E-state index is -0.0994. The second kappa shape index (κ2) is 8.32. The summed E-state index contributed by atoms with van der Waals surface area (Å²) in [5.74, 6) is 0.688. The van der Waals surface area contributed by atoms with E-state index in [1.54, 1.807) is 16.7 Å². The molecule has 4 aromatic rings. The van der Waals surface area contributed by atoms with Crippen molar-refractivity contribution in [3.63, 3.8) is 0 Å². The Morgan fingerprint density at radius 3 is 2.76 bits per heavy atom. The Balaban J connectivity index is 1.44. The molecule has 6 nitrogen and oxygen atoms in total. The number of aromatic nitrogens is 3. The van der Waals surface area contributed by atoms with Crippen LogP contribution in [0.15, 0.2) is 71.4 Å². The lowest BCUT2D eigenvalue weighted by atomic mass is 10.1. The van der Waals surface area contributed by atoms with Crippen LogP contribution < -0.4 is 5.32 Å². The Morgan fingerprint density at radius 1 is 1.14 bits per heavy atom. The molecule has 2 aromatic carbocycles. The minimum absolute atomic E-state index is 0.0994. The smallest absolute Gasteiger partial charge is 0.274 e. The van der Waals surface area contributed by atoms with Crippen LogP contribution in [0.3, 0.4) is 0 Å². The summed E-state index contributed by atoms with van der Waals surface area (Å²) < 4.78 is 7.19. The van der Waals surface area contributed by atoms with Crippen LogP contribution in [-0.2, 0) is 17.9 Å². The molecule has 0 aliphatic carbocycles. The van der Waals surface area contributed by atoms with Gasteiger partial charge < -0.3 is 14.4 Å². The van der Waals surface area contributed by atoms with Crippen molar-refractivity contribution < 1.29 is 9.32 Å². The van der Waals surface area contributed by atoms with Gasteiger partial charge in [-0.25, -0.2) is 0 Å². The van der Waals surface area contributed by atoms with Crippen molar-refractivity contribution in [1.29, 1.82) is 0 Å². The highest BCUT2D eigenvalue weighted by Crippen LogP contribution is 2.24. The van der Waals surface area contributed by atoms with Crippen molar-refractivity contribution in [2.45, 2.75) is 20.0 Å². The van der Waals surface area contributed by atoms with Crippen molar-refractivity contribution in [1.82, 2.24) is 20.0 Å². The van der Waals surface area contributed by atoms with Crippen LogP contribution >= 0.6 is 11.6 Å². The summed E-state index contributed by atoms with van der Waals surface area (Å²) in [5, 5.41) is 7.56. The standard InChI is InChI=1S/C22H19ClN4O2/c1-15-7-9-16(10-8-15)13-24-20(28)14-27-11-3-6-19(27)22-25-21(26-29-22)17-4-2-5-18(23)12-17/h2-12H,13-14H2,1H3,(H,24,28). The van der Waals surface area contributed by atoms with Gasteiger partial charge in [-0.3, -0.25) is 4.79 Å². The van der Waals surface area contributed by atoms with Crippen LogP contribution in [0.2, 0.25) is 5.02 Å². The number of carbonyl (C=O) groups is 1. The molecule has 0 unspecified atom stereocenters. The SMILES string of the molecule is Cc1ccc(CNC(=O)Cn2cccc2-c2nc(-c3cccc(Cl)c3)no2)cc1. The highest BCUT2D eigenvalue weighted by Gasteiger charge is 2.15. The molecule has 0 saturated carbocycles. The zero-order valence-electron chi connectivity index (χ0n) is 15.8. The van der Waals surface area contributed by atoms with E-state index >= 15 is 0 Å². The van der Waals surface area contributed by atoms with Gasteiger partial charge in [0.1, 0.15) is 12.2 Å². The number of nitrogens with one attached hydrogen (secondary N) is 1. The molecular weight excluding hydrogens is 388 g/mol. The maximum Gasteiger partial charge on any atom is 0.274 e. The molecule has 0 aliphatic rings. The molecular formula is C22H19ClN4O2.